The van der Waals surface area contributed by atoms with Gasteiger partial charge in [-0.2, -0.15) is 0 Å². The van der Waals surface area contributed by atoms with Crippen LogP contribution in [0.1, 0.15) is 18.4 Å². The third-order valence-electron chi connectivity index (χ3n) is 4.11. The number of benzene rings is 2. The van der Waals surface area contributed by atoms with Gasteiger partial charge in [-0.25, -0.2) is 8.78 Å². The first-order valence-corrected chi connectivity index (χ1v) is 8.69. The van der Waals surface area contributed by atoms with Crippen molar-refractivity contribution in [1.82, 2.24) is 4.90 Å². The number of nitrogens with one attached hydrogen (secondary N) is 1. The maximum absolute atomic E-state index is 13.9. The molecule has 0 bridgehead atoms. The van der Waals surface area contributed by atoms with Crippen molar-refractivity contribution < 1.29 is 13.5 Å². The van der Waals surface area contributed by atoms with Crippen molar-refractivity contribution in [2.45, 2.75) is 25.5 Å². The zero-order chi connectivity index (χ0) is 17.6. The number of nitrogens with zero attached hydrogens (tertiary/aromatic N) is 1. The van der Waals surface area contributed by atoms with E-state index in [0.717, 1.165) is 25.0 Å². The van der Waals surface area contributed by atoms with Gasteiger partial charge >= 0.3 is 0 Å². The van der Waals surface area contributed by atoms with Crippen molar-refractivity contribution in [2.24, 2.45) is 0 Å². The molecule has 3 rings (SSSR count). The molecule has 6 heteroatoms. The number of hydrogen-bond acceptors (Lipinski definition) is 2. The fraction of sp³-hybridized carbons (Fsp3) is 0.316. The van der Waals surface area contributed by atoms with Crippen LogP contribution in [-0.4, -0.2) is 29.3 Å². The summed E-state index contributed by atoms with van der Waals surface area (Å²) in [7, 11) is 0. The fourth-order valence-electron chi connectivity index (χ4n) is 2.87. The molecule has 1 aliphatic heterocycles. The van der Waals surface area contributed by atoms with Crippen molar-refractivity contribution in [3.05, 3.63) is 65.7 Å². The average Bonchev–Trinajstić information content (AvgIpc) is 3.09. The van der Waals surface area contributed by atoms with Gasteiger partial charge in [0, 0.05) is 19.7 Å². The number of halogens is 2. The molecule has 1 N–H and O–H groups in total. The van der Waals surface area contributed by atoms with Crippen molar-refractivity contribution in [1.29, 1.82) is 0 Å². The minimum absolute atomic E-state index is 0.0777. The Morgan fingerprint density at radius 1 is 1.20 bits per heavy atom. The molecule has 0 aromatic heterocycles. The number of anilines is 1. The molecular formula is C19H20F2N2OS. The van der Waals surface area contributed by atoms with Gasteiger partial charge in [0.1, 0.15) is 11.6 Å². The summed E-state index contributed by atoms with van der Waals surface area (Å²) in [5.41, 5.74) is 1.12. The topological polar surface area (TPSA) is 24.5 Å². The lowest BCUT2D eigenvalue weighted by Gasteiger charge is -2.28. The Balaban J connectivity index is 1.74. The second-order valence-corrected chi connectivity index (χ2v) is 6.44. The Bertz CT molecular complexity index is 735. The van der Waals surface area contributed by atoms with E-state index in [1.807, 2.05) is 11.0 Å². The molecule has 1 aliphatic rings. The molecule has 1 unspecified atom stereocenters. The number of para-hydroxylation sites is 1. The molecule has 1 saturated heterocycles. The van der Waals surface area contributed by atoms with Gasteiger partial charge < -0.3 is 15.0 Å². The van der Waals surface area contributed by atoms with Crippen LogP contribution in [0.2, 0.25) is 0 Å². The molecule has 2 aromatic rings. The molecule has 1 fully saturated rings. The van der Waals surface area contributed by atoms with Crippen LogP contribution in [0, 0.1) is 11.6 Å². The molecule has 0 amide bonds. The molecular weight excluding hydrogens is 342 g/mol. The standard InChI is InChI=1S/C19H20F2N2OS/c20-15-6-3-5-14(11-15)12-23(13-16-7-4-10-24-16)19(25)22-18-9-2-1-8-17(18)21/h1-3,5-6,8-9,11,16H,4,7,10,12-13H2,(H,22,25). The molecule has 1 heterocycles. The Hall–Kier alpha value is -2.05. The first kappa shape index (κ1) is 17.8. The fourth-order valence-corrected chi connectivity index (χ4v) is 3.11. The van der Waals surface area contributed by atoms with Crippen molar-refractivity contribution >= 4 is 23.0 Å². The van der Waals surface area contributed by atoms with E-state index in [0.29, 0.717) is 23.9 Å². The summed E-state index contributed by atoms with van der Waals surface area (Å²) in [5.74, 6) is -0.657. The van der Waals surface area contributed by atoms with Crippen LogP contribution in [0.15, 0.2) is 48.5 Å². The predicted molar refractivity (Wildman–Crippen MR) is 98.4 cm³/mol. The Kier molecular flexibility index (Phi) is 5.94. The zero-order valence-corrected chi connectivity index (χ0v) is 14.6. The highest BCUT2D eigenvalue weighted by molar-refractivity contribution is 7.80. The molecule has 0 aliphatic carbocycles. The summed E-state index contributed by atoms with van der Waals surface area (Å²) >= 11 is 5.48. The quantitative estimate of drug-likeness (QED) is 0.800. The van der Waals surface area contributed by atoms with Crippen LogP contribution < -0.4 is 5.32 Å². The van der Waals surface area contributed by atoms with Gasteiger partial charge in [-0.15, -0.1) is 0 Å². The third-order valence-corrected chi connectivity index (χ3v) is 4.47. The number of rotatable bonds is 5. The minimum atomic E-state index is -0.368. The SMILES string of the molecule is Fc1cccc(CN(CC2CCCO2)C(=S)Nc2ccccc2F)c1. The van der Waals surface area contributed by atoms with E-state index in [1.165, 1.54) is 18.2 Å². The molecule has 132 valence electrons. The van der Waals surface area contributed by atoms with Crippen LogP contribution in [0.3, 0.4) is 0 Å². The van der Waals surface area contributed by atoms with Crippen LogP contribution >= 0.6 is 12.2 Å². The van der Waals surface area contributed by atoms with E-state index >= 15 is 0 Å². The molecule has 0 spiro atoms. The van der Waals surface area contributed by atoms with Crippen LogP contribution in [0.5, 0.6) is 0 Å². The van der Waals surface area contributed by atoms with E-state index in [-0.39, 0.29) is 17.7 Å². The highest BCUT2D eigenvalue weighted by atomic mass is 32.1. The zero-order valence-electron chi connectivity index (χ0n) is 13.8. The van der Waals surface area contributed by atoms with E-state index in [9.17, 15) is 8.78 Å². The number of hydrogen-bond donors (Lipinski definition) is 1. The van der Waals surface area contributed by atoms with Gasteiger partial charge in [0.2, 0.25) is 0 Å². The molecule has 0 radical (unpaired) electrons. The van der Waals surface area contributed by atoms with Gasteiger partial charge in [0.15, 0.2) is 5.11 Å². The largest absolute Gasteiger partial charge is 0.376 e. The maximum Gasteiger partial charge on any atom is 0.173 e. The summed E-state index contributed by atoms with van der Waals surface area (Å²) in [4.78, 5) is 1.90. The van der Waals surface area contributed by atoms with Crippen LogP contribution in [0.25, 0.3) is 0 Å². The molecule has 2 aromatic carbocycles. The smallest absolute Gasteiger partial charge is 0.173 e. The second-order valence-electron chi connectivity index (χ2n) is 6.06. The van der Waals surface area contributed by atoms with Crippen molar-refractivity contribution in [2.75, 3.05) is 18.5 Å². The van der Waals surface area contributed by atoms with E-state index in [4.69, 9.17) is 17.0 Å². The second kappa shape index (κ2) is 8.36. The summed E-state index contributed by atoms with van der Waals surface area (Å²) in [6.07, 6.45) is 2.06. The van der Waals surface area contributed by atoms with Crippen molar-refractivity contribution in [3.63, 3.8) is 0 Å². The molecule has 0 saturated carbocycles. The lowest BCUT2D eigenvalue weighted by Crippen LogP contribution is -2.39. The Labute approximate surface area is 151 Å². The lowest BCUT2D eigenvalue weighted by molar-refractivity contribution is 0.0905. The van der Waals surface area contributed by atoms with E-state index < -0.39 is 0 Å². The summed E-state index contributed by atoms with van der Waals surface area (Å²) in [5, 5.41) is 3.35. The average molecular weight is 362 g/mol. The van der Waals surface area contributed by atoms with Crippen LogP contribution in [-0.2, 0) is 11.3 Å². The first-order chi connectivity index (χ1) is 12.1. The first-order valence-electron chi connectivity index (χ1n) is 8.28. The third kappa shape index (κ3) is 4.96. The number of thiocarbonyl (C=S) groups is 1. The summed E-state index contributed by atoms with van der Waals surface area (Å²) in [6, 6.07) is 12.8. The van der Waals surface area contributed by atoms with E-state index in [2.05, 4.69) is 5.32 Å². The number of ether oxygens (including phenoxy) is 1. The summed E-state index contributed by atoms with van der Waals surface area (Å²) < 4.78 is 33.1. The van der Waals surface area contributed by atoms with Gasteiger partial charge in [-0.05, 0) is 54.9 Å². The highest BCUT2D eigenvalue weighted by Crippen LogP contribution is 2.18. The molecule has 25 heavy (non-hydrogen) atoms. The van der Waals surface area contributed by atoms with Gasteiger partial charge in [0.25, 0.3) is 0 Å². The van der Waals surface area contributed by atoms with E-state index in [1.54, 1.807) is 24.3 Å². The van der Waals surface area contributed by atoms with Gasteiger partial charge in [-0.1, -0.05) is 24.3 Å². The Morgan fingerprint density at radius 3 is 2.76 bits per heavy atom. The minimum Gasteiger partial charge on any atom is -0.376 e. The Morgan fingerprint density at radius 2 is 2.04 bits per heavy atom. The normalized spacial score (nSPS) is 16.6. The van der Waals surface area contributed by atoms with Gasteiger partial charge in [0.05, 0.1) is 11.8 Å². The monoisotopic (exact) mass is 362 g/mol. The van der Waals surface area contributed by atoms with Crippen LogP contribution in [0.4, 0.5) is 14.5 Å². The molecule has 1 atom stereocenters. The highest BCUT2D eigenvalue weighted by Gasteiger charge is 2.21. The van der Waals surface area contributed by atoms with Gasteiger partial charge in [-0.3, -0.25) is 0 Å². The lowest BCUT2D eigenvalue weighted by atomic mass is 10.2. The maximum atomic E-state index is 13.9. The molecule has 3 nitrogen and oxygen atoms in total. The predicted octanol–water partition coefficient (Wildman–Crippen LogP) is 4.34. The summed E-state index contributed by atoms with van der Waals surface area (Å²) in [6.45, 7) is 1.75. The van der Waals surface area contributed by atoms with Crippen molar-refractivity contribution in [3.8, 4) is 0 Å².